The van der Waals surface area contributed by atoms with E-state index in [-0.39, 0.29) is 36.5 Å². The largest absolute Gasteiger partial charge is 0.392 e. The Morgan fingerprint density at radius 1 is 0.842 bits per heavy atom. The summed E-state index contributed by atoms with van der Waals surface area (Å²) in [4.78, 5) is 41.6. The summed E-state index contributed by atoms with van der Waals surface area (Å²) in [5, 5.41) is 18.6. The van der Waals surface area contributed by atoms with Gasteiger partial charge in [-0.25, -0.2) is 0 Å². The third-order valence-corrected chi connectivity index (χ3v) is 11.6. The average molecular weight is 774 g/mol. The highest BCUT2D eigenvalue weighted by Crippen LogP contribution is 2.40. The number of hydrogen-bond donors (Lipinski definition) is 4. The number of hydrogen-bond acceptors (Lipinski definition) is 8. The predicted molar refractivity (Wildman–Crippen MR) is 220 cm³/mol. The Morgan fingerprint density at radius 2 is 1.56 bits per heavy atom. The van der Waals surface area contributed by atoms with Gasteiger partial charge in [0.2, 0.25) is 17.7 Å². The summed E-state index contributed by atoms with van der Waals surface area (Å²) in [5.74, 6) is 0.0961. The smallest absolute Gasteiger partial charge is 0.247 e. The van der Waals surface area contributed by atoms with E-state index in [9.17, 15) is 19.5 Å². The molecule has 3 aliphatic heterocycles. The maximum atomic E-state index is 13.3. The van der Waals surface area contributed by atoms with Crippen molar-refractivity contribution >= 4 is 23.4 Å². The zero-order valence-corrected chi connectivity index (χ0v) is 32.8. The number of nitrogens with zero attached hydrogens (tertiary/aromatic N) is 2. The summed E-state index contributed by atoms with van der Waals surface area (Å²) in [5.41, 5.74) is 6.46. The van der Waals surface area contributed by atoms with Crippen LogP contribution in [0.15, 0.2) is 103 Å². The maximum absolute atomic E-state index is 13.3. The summed E-state index contributed by atoms with van der Waals surface area (Å²) >= 11 is 0. The number of anilines is 1. The summed E-state index contributed by atoms with van der Waals surface area (Å²) in [7, 11) is 0. The summed E-state index contributed by atoms with van der Waals surface area (Å²) in [6.07, 6.45) is 4.23. The van der Waals surface area contributed by atoms with Crippen LogP contribution < -0.4 is 20.9 Å². The molecule has 0 saturated carbocycles. The van der Waals surface area contributed by atoms with Gasteiger partial charge in [0, 0.05) is 63.7 Å². The second-order valence-electron chi connectivity index (χ2n) is 15.5. The van der Waals surface area contributed by atoms with Gasteiger partial charge in [0.1, 0.15) is 5.54 Å². The average Bonchev–Trinajstić information content (AvgIpc) is 3.56. The van der Waals surface area contributed by atoms with Crippen molar-refractivity contribution in [3.05, 3.63) is 125 Å². The lowest BCUT2D eigenvalue weighted by Gasteiger charge is -2.45. The lowest BCUT2D eigenvalue weighted by atomic mass is 9.85. The number of unbranched alkanes of at least 4 members (excludes halogenated alkanes) is 2. The molecule has 0 unspecified atom stereocenters. The standard InChI is InChI=1S/C46H55N5O6/c1-33(53)47-25-9-3-6-14-43(54)48-29-38-10-7-8-13-41(38)35-19-21-37(22-20-35)44-56-40(28-42(57-44)36-17-15-34(31-52)16-18-36)30-50-26-23-46(24-27-50)45(55)49-32-51(46)39-11-4-2-5-12-39/h2,4-5,7-8,10-13,15-22,40,42,44,52H,3,6,9,14,23-32H2,1H3,(H,47,53)(H,48,54)(H,49,55)/t40-,42+,44+/m0/s1. The summed E-state index contributed by atoms with van der Waals surface area (Å²) < 4.78 is 13.4. The molecule has 11 nitrogen and oxygen atoms in total. The van der Waals surface area contributed by atoms with Gasteiger partial charge in [-0.05, 0) is 65.6 Å². The van der Waals surface area contributed by atoms with Crippen molar-refractivity contribution in [2.24, 2.45) is 0 Å². The van der Waals surface area contributed by atoms with E-state index in [1.54, 1.807) is 0 Å². The predicted octanol–water partition coefficient (Wildman–Crippen LogP) is 6.13. The number of likely N-dealkylation sites (tertiary alicyclic amines) is 1. The monoisotopic (exact) mass is 773 g/mol. The Balaban J connectivity index is 1.00. The van der Waals surface area contributed by atoms with Gasteiger partial charge in [0.15, 0.2) is 6.29 Å². The number of benzene rings is 4. The fraction of sp³-hybridized carbons (Fsp3) is 0.413. The third-order valence-electron chi connectivity index (χ3n) is 11.6. The Labute approximate surface area is 335 Å². The number of aliphatic hydroxyl groups is 1. The van der Waals surface area contributed by atoms with Crippen LogP contribution >= 0.6 is 0 Å². The SMILES string of the molecule is CC(=O)NCCCCCC(=O)NCc1ccccc1-c1ccc([C@@H]2O[C@H](CN3CCC4(CC3)C(=O)NCN4c3ccccc3)C[C@H](c3ccc(CO)cc3)O2)cc1. The van der Waals surface area contributed by atoms with Crippen molar-refractivity contribution in [2.75, 3.05) is 37.7 Å². The van der Waals surface area contributed by atoms with E-state index in [1.807, 2.05) is 60.7 Å². The Hall–Kier alpha value is -5.07. The zero-order valence-electron chi connectivity index (χ0n) is 32.8. The molecule has 0 aliphatic carbocycles. The number of carbonyl (C=O) groups is 3. The molecule has 3 aliphatic rings. The molecule has 4 N–H and O–H groups in total. The topological polar surface area (TPSA) is 132 Å². The molecular weight excluding hydrogens is 719 g/mol. The number of aliphatic hydroxyl groups excluding tert-OH is 1. The van der Waals surface area contributed by atoms with E-state index in [2.05, 4.69) is 68.2 Å². The van der Waals surface area contributed by atoms with E-state index in [1.165, 1.54) is 6.92 Å². The first-order valence-corrected chi connectivity index (χ1v) is 20.3. The van der Waals surface area contributed by atoms with Crippen LogP contribution in [0.5, 0.6) is 0 Å². The summed E-state index contributed by atoms with van der Waals surface area (Å²) in [6.45, 7) is 5.38. The molecule has 1 spiro atoms. The van der Waals surface area contributed by atoms with E-state index in [0.717, 1.165) is 90.8 Å². The third kappa shape index (κ3) is 9.91. The van der Waals surface area contributed by atoms with Gasteiger partial charge in [0.05, 0.1) is 25.5 Å². The van der Waals surface area contributed by atoms with Gasteiger partial charge < -0.3 is 40.3 Å². The second kappa shape index (κ2) is 18.9. The molecule has 4 aromatic rings. The van der Waals surface area contributed by atoms with Crippen LogP contribution in [0.2, 0.25) is 0 Å². The zero-order chi connectivity index (χ0) is 39.6. The highest BCUT2D eigenvalue weighted by molar-refractivity contribution is 5.93. The molecule has 3 heterocycles. The Kier molecular flexibility index (Phi) is 13.3. The number of amides is 3. The second-order valence-corrected chi connectivity index (χ2v) is 15.5. The number of rotatable bonds is 15. The van der Waals surface area contributed by atoms with Crippen LogP contribution in [-0.2, 0) is 37.0 Å². The normalized spacial score (nSPS) is 20.6. The molecule has 4 aromatic carbocycles. The van der Waals surface area contributed by atoms with Gasteiger partial charge in [-0.1, -0.05) is 97.4 Å². The molecule has 0 radical (unpaired) electrons. The van der Waals surface area contributed by atoms with Gasteiger partial charge in [-0.15, -0.1) is 0 Å². The van der Waals surface area contributed by atoms with E-state index >= 15 is 0 Å². The Morgan fingerprint density at radius 3 is 2.30 bits per heavy atom. The van der Waals surface area contributed by atoms with Crippen LogP contribution in [0.4, 0.5) is 5.69 Å². The van der Waals surface area contributed by atoms with Gasteiger partial charge >= 0.3 is 0 Å². The first-order valence-electron chi connectivity index (χ1n) is 20.3. The maximum Gasteiger partial charge on any atom is 0.247 e. The molecule has 57 heavy (non-hydrogen) atoms. The molecular formula is C46H55N5O6. The van der Waals surface area contributed by atoms with Crippen molar-refractivity contribution in [1.82, 2.24) is 20.9 Å². The quantitative estimate of drug-likeness (QED) is 0.106. The molecule has 3 saturated heterocycles. The number of nitrogens with one attached hydrogen (secondary N) is 3. The van der Waals surface area contributed by atoms with Crippen LogP contribution in [0.1, 0.15) is 86.5 Å². The summed E-state index contributed by atoms with van der Waals surface area (Å²) in [6, 6.07) is 34.6. The lowest BCUT2D eigenvalue weighted by molar-refractivity contribution is -0.253. The number of piperidine rings is 1. The molecule has 3 fully saturated rings. The molecule has 3 amide bonds. The Bertz CT molecular complexity index is 1950. The first kappa shape index (κ1) is 40.1. The number of para-hydroxylation sites is 1. The lowest BCUT2D eigenvalue weighted by Crippen LogP contribution is -2.57. The van der Waals surface area contributed by atoms with E-state index in [0.29, 0.717) is 32.6 Å². The van der Waals surface area contributed by atoms with Crippen LogP contribution in [0.25, 0.3) is 11.1 Å². The molecule has 7 rings (SSSR count). The van der Waals surface area contributed by atoms with Crippen molar-refractivity contribution < 1.29 is 29.0 Å². The number of carbonyl (C=O) groups excluding carboxylic acids is 3. The van der Waals surface area contributed by atoms with Gasteiger partial charge in [-0.3, -0.25) is 14.4 Å². The van der Waals surface area contributed by atoms with Gasteiger partial charge in [0.25, 0.3) is 0 Å². The minimum absolute atomic E-state index is 0.0136. The molecule has 0 bridgehead atoms. The minimum Gasteiger partial charge on any atom is -0.392 e. The van der Waals surface area contributed by atoms with Crippen molar-refractivity contribution in [3.8, 4) is 11.1 Å². The molecule has 0 aromatic heterocycles. The van der Waals surface area contributed by atoms with Crippen LogP contribution in [0, 0.1) is 0 Å². The van der Waals surface area contributed by atoms with Crippen LogP contribution in [-0.4, -0.2) is 72.2 Å². The molecule has 3 atom stereocenters. The molecule has 11 heteroatoms. The van der Waals surface area contributed by atoms with Crippen molar-refractivity contribution in [3.63, 3.8) is 0 Å². The van der Waals surface area contributed by atoms with Crippen molar-refractivity contribution in [2.45, 2.75) is 89.1 Å². The highest BCUT2D eigenvalue weighted by atomic mass is 16.7. The fourth-order valence-electron chi connectivity index (χ4n) is 8.37. The van der Waals surface area contributed by atoms with Crippen LogP contribution in [0.3, 0.4) is 0 Å². The fourth-order valence-corrected chi connectivity index (χ4v) is 8.37. The van der Waals surface area contributed by atoms with Gasteiger partial charge in [-0.2, -0.15) is 0 Å². The molecule has 300 valence electrons. The van der Waals surface area contributed by atoms with Crippen molar-refractivity contribution in [1.29, 1.82) is 0 Å². The highest BCUT2D eigenvalue weighted by Gasteiger charge is 2.50. The first-order chi connectivity index (χ1) is 27.8. The van der Waals surface area contributed by atoms with E-state index in [4.69, 9.17) is 9.47 Å². The van der Waals surface area contributed by atoms with E-state index < -0.39 is 11.8 Å². The number of ether oxygens (including phenoxy) is 2. The minimum atomic E-state index is -0.585.